The molecule has 20 heavy (non-hydrogen) atoms. The zero-order chi connectivity index (χ0) is 14.7. The summed E-state index contributed by atoms with van der Waals surface area (Å²) in [5.74, 6) is -0.117. The van der Waals surface area contributed by atoms with E-state index < -0.39 is 4.92 Å². The fourth-order valence-corrected chi connectivity index (χ4v) is 2.84. The van der Waals surface area contributed by atoms with Gasteiger partial charge in [-0.05, 0) is 38.3 Å². The van der Waals surface area contributed by atoms with Crippen molar-refractivity contribution >= 4 is 11.6 Å². The number of nitrogens with two attached hydrogens (primary N) is 1. The lowest BCUT2D eigenvalue weighted by molar-refractivity contribution is -0.385. The summed E-state index contributed by atoms with van der Waals surface area (Å²) in [6.45, 7) is 2.16. The number of nitrogens with zero attached hydrogens (tertiary/aromatic N) is 1. The van der Waals surface area contributed by atoms with Gasteiger partial charge >= 0.3 is 0 Å². The van der Waals surface area contributed by atoms with E-state index in [1.54, 1.807) is 19.1 Å². The smallest absolute Gasteiger partial charge is 0.285 e. The summed E-state index contributed by atoms with van der Waals surface area (Å²) in [6.07, 6.45) is 2.91. The quantitative estimate of drug-likeness (QED) is 0.647. The highest BCUT2D eigenvalue weighted by Crippen LogP contribution is 2.27. The molecule has 0 bridgehead atoms. The summed E-state index contributed by atoms with van der Waals surface area (Å²) < 4.78 is 0. The highest BCUT2D eigenvalue weighted by molar-refractivity contribution is 5.98. The number of hydrogen-bond donors (Lipinski definition) is 2. The standard InChI is InChI=1S/C14H19N3O3/c1-9-4-2-6-11(13(9)17(19)20)14(18)16-12-7-3-5-10(12)8-15/h2,4,6,10,12H,3,5,7-8,15H2,1H3,(H,16,18). The summed E-state index contributed by atoms with van der Waals surface area (Å²) in [4.78, 5) is 22.9. The number of amides is 1. The Morgan fingerprint density at radius 2 is 2.25 bits per heavy atom. The van der Waals surface area contributed by atoms with E-state index in [1.807, 2.05) is 0 Å². The van der Waals surface area contributed by atoms with Crippen LogP contribution >= 0.6 is 0 Å². The predicted molar refractivity (Wildman–Crippen MR) is 75.5 cm³/mol. The summed E-state index contributed by atoms with van der Waals surface area (Å²) in [6, 6.07) is 4.81. The van der Waals surface area contributed by atoms with Gasteiger partial charge in [0, 0.05) is 11.6 Å². The third-order valence-corrected chi connectivity index (χ3v) is 3.94. The van der Waals surface area contributed by atoms with E-state index in [4.69, 9.17) is 5.73 Å². The van der Waals surface area contributed by atoms with Crippen molar-refractivity contribution in [2.24, 2.45) is 11.7 Å². The monoisotopic (exact) mass is 277 g/mol. The summed E-state index contributed by atoms with van der Waals surface area (Å²) in [5.41, 5.74) is 6.18. The minimum absolute atomic E-state index is 0.0209. The lowest BCUT2D eigenvalue weighted by Crippen LogP contribution is -2.40. The second kappa shape index (κ2) is 6.00. The molecule has 1 aliphatic carbocycles. The van der Waals surface area contributed by atoms with Crippen LogP contribution in [0.1, 0.15) is 35.2 Å². The fourth-order valence-electron chi connectivity index (χ4n) is 2.84. The van der Waals surface area contributed by atoms with Crippen LogP contribution in [0.2, 0.25) is 0 Å². The normalized spacial score (nSPS) is 21.7. The Morgan fingerprint density at radius 1 is 1.50 bits per heavy atom. The molecular weight excluding hydrogens is 258 g/mol. The van der Waals surface area contributed by atoms with E-state index in [0.29, 0.717) is 12.1 Å². The molecule has 0 aromatic heterocycles. The number of nitro groups is 1. The summed E-state index contributed by atoms with van der Waals surface area (Å²) in [7, 11) is 0. The van der Waals surface area contributed by atoms with Crippen LogP contribution in [0, 0.1) is 23.0 Å². The van der Waals surface area contributed by atoms with E-state index >= 15 is 0 Å². The molecule has 1 aromatic carbocycles. The van der Waals surface area contributed by atoms with Crippen LogP contribution in [0.25, 0.3) is 0 Å². The molecule has 2 unspecified atom stereocenters. The number of carbonyl (C=O) groups excluding carboxylic acids is 1. The first-order valence-corrected chi connectivity index (χ1v) is 6.79. The third-order valence-electron chi connectivity index (χ3n) is 3.94. The molecule has 6 heteroatoms. The number of nitrogens with one attached hydrogen (secondary N) is 1. The van der Waals surface area contributed by atoms with Gasteiger partial charge in [-0.2, -0.15) is 0 Å². The molecule has 108 valence electrons. The average molecular weight is 277 g/mol. The maximum Gasteiger partial charge on any atom is 0.285 e. The molecule has 0 heterocycles. The van der Waals surface area contributed by atoms with Crippen molar-refractivity contribution < 1.29 is 9.72 Å². The number of para-hydroxylation sites is 1. The van der Waals surface area contributed by atoms with Crippen LogP contribution in [-0.4, -0.2) is 23.4 Å². The van der Waals surface area contributed by atoms with Gasteiger partial charge in [0.15, 0.2) is 0 Å². The third kappa shape index (κ3) is 2.80. The van der Waals surface area contributed by atoms with E-state index in [2.05, 4.69) is 5.32 Å². The first kappa shape index (κ1) is 14.5. The van der Waals surface area contributed by atoms with Crippen LogP contribution in [0.3, 0.4) is 0 Å². The molecule has 0 radical (unpaired) electrons. The molecule has 1 amide bonds. The predicted octanol–water partition coefficient (Wildman–Crippen LogP) is 1.76. The molecule has 0 saturated heterocycles. The van der Waals surface area contributed by atoms with Crippen LogP contribution in [0.4, 0.5) is 5.69 Å². The van der Waals surface area contributed by atoms with Gasteiger partial charge in [0.25, 0.3) is 11.6 Å². The van der Waals surface area contributed by atoms with Crippen molar-refractivity contribution in [3.8, 4) is 0 Å². The van der Waals surface area contributed by atoms with Gasteiger partial charge in [-0.3, -0.25) is 14.9 Å². The van der Waals surface area contributed by atoms with Crippen LogP contribution in [-0.2, 0) is 0 Å². The van der Waals surface area contributed by atoms with Crippen molar-refractivity contribution in [3.63, 3.8) is 0 Å². The zero-order valence-electron chi connectivity index (χ0n) is 11.5. The minimum atomic E-state index is -0.501. The van der Waals surface area contributed by atoms with Gasteiger partial charge in [0.2, 0.25) is 0 Å². The number of benzene rings is 1. The molecular formula is C14H19N3O3. The Labute approximate surface area is 117 Å². The molecule has 1 saturated carbocycles. The van der Waals surface area contributed by atoms with E-state index in [1.165, 1.54) is 6.07 Å². The average Bonchev–Trinajstić information content (AvgIpc) is 2.85. The fraction of sp³-hybridized carbons (Fsp3) is 0.500. The molecule has 1 aliphatic rings. The SMILES string of the molecule is Cc1cccc(C(=O)NC2CCCC2CN)c1[N+](=O)[O-]. The second-order valence-corrected chi connectivity index (χ2v) is 5.23. The first-order valence-electron chi connectivity index (χ1n) is 6.79. The summed E-state index contributed by atoms with van der Waals surface area (Å²) >= 11 is 0. The van der Waals surface area contributed by atoms with Gasteiger partial charge in [0.1, 0.15) is 5.56 Å². The lowest BCUT2D eigenvalue weighted by atomic mass is 10.0. The van der Waals surface area contributed by atoms with Gasteiger partial charge < -0.3 is 11.1 Å². The lowest BCUT2D eigenvalue weighted by Gasteiger charge is -2.19. The molecule has 2 rings (SSSR count). The topological polar surface area (TPSA) is 98.3 Å². The number of rotatable bonds is 4. The van der Waals surface area contributed by atoms with Crippen LogP contribution in [0.15, 0.2) is 18.2 Å². The van der Waals surface area contributed by atoms with E-state index in [-0.39, 0.29) is 29.1 Å². The van der Waals surface area contributed by atoms with Gasteiger partial charge in [0.05, 0.1) is 4.92 Å². The first-order chi connectivity index (χ1) is 9.54. The summed E-state index contributed by atoms with van der Waals surface area (Å²) in [5, 5.41) is 14.0. The number of aryl methyl sites for hydroxylation is 1. The van der Waals surface area contributed by atoms with Crippen molar-refractivity contribution in [2.45, 2.75) is 32.2 Å². The molecule has 1 fully saturated rings. The maximum atomic E-state index is 12.3. The maximum absolute atomic E-state index is 12.3. The number of hydrogen-bond acceptors (Lipinski definition) is 4. The Bertz CT molecular complexity index is 530. The number of nitro benzene ring substituents is 1. The largest absolute Gasteiger partial charge is 0.349 e. The van der Waals surface area contributed by atoms with E-state index in [0.717, 1.165) is 19.3 Å². The van der Waals surface area contributed by atoms with Gasteiger partial charge in [-0.15, -0.1) is 0 Å². The molecule has 6 nitrogen and oxygen atoms in total. The van der Waals surface area contributed by atoms with Crippen molar-refractivity contribution in [2.75, 3.05) is 6.54 Å². The highest BCUT2D eigenvalue weighted by atomic mass is 16.6. The zero-order valence-corrected chi connectivity index (χ0v) is 11.5. The second-order valence-electron chi connectivity index (χ2n) is 5.23. The molecule has 0 spiro atoms. The number of carbonyl (C=O) groups is 1. The Hall–Kier alpha value is -1.95. The highest BCUT2D eigenvalue weighted by Gasteiger charge is 2.30. The van der Waals surface area contributed by atoms with Crippen molar-refractivity contribution in [3.05, 3.63) is 39.4 Å². The molecule has 3 N–H and O–H groups in total. The van der Waals surface area contributed by atoms with Crippen LogP contribution < -0.4 is 11.1 Å². The van der Waals surface area contributed by atoms with Crippen molar-refractivity contribution in [1.82, 2.24) is 5.32 Å². The molecule has 0 aliphatic heterocycles. The van der Waals surface area contributed by atoms with Gasteiger partial charge in [-0.25, -0.2) is 0 Å². The van der Waals surface area contributed by atoms with E-state index in [9.17, 15) is 14.9 Å². The Balaban J connectivity index is 2.21. The van der Waals surface area contributed by atoms with Gasteiger partial charge in [-0.1, -0.05) is 18.6 Å². The Kier molecular flexibility index (Phi) is 4.34. The molecule has 2 atom stereocenters. The minimum Gasteiger partial charge on any atom is -0.349 e. The van der Waals surface area contributed by atoms with Crippen molar-refractivity contribution in [1.29, 1.82) is 0 Å². The van der Waals surface area contributed by atoms with Crippen LogP contribution in [0.5, 0.6) is 0 Å². The molecule has 1 aromatic rings. The Morgan fingerprint density at radius 3 is 2.90 bits per heavy atom.